The molecule has 0 spiro atoms. The predicted molar refractivity (Wildman–Crippen MR) is 43.3 cm³/mol. The Morgan fingerprint density at radius 1 is 1.55 bits per heavy atom. The molecule has 0 bridgehead atoms. The van der Waals surface area contributed by atoms with Gasteiger partial charge in [0.1, 0.15) is 0 Å². The highest BCUT2D eigenvalue weighted by atomic mass is 32.1. The lowest BCUT2D eigenvalue weighted by atomic mass is 10.4. The monoisotopic (exact) mass is 167 g/mol. The van der Waals surface area contributed by atoms with E-state index < -0.39 is 0 Å². The summed E-state index contributed by atoms with van der Waals surface area (Å²) >= 11 is 3.96. The number of rotatable bonds is 0. The summed E-state index contributed by atoms with van der Waals surface area (Å²) in [5.41, 5.74) is 6.09. The van der Waals surface area contributed by atoms with Gasteiger partial charge in [0.15, 0.2) is 16.6 Å². The fourth-order valence-electron chi connectivity index (χ4n) is 0.819. The van der Waals surface area contributed by atoms with Crippen molar-refractivity contribution >= 4 is 29.5 Å². The molecular weight excluding hydrogens is 162 g/mol. The molecule has 0 saturated heterocycles. The van der Waals surface area contributed by atoms with Crippen molar-refractivity contribution in [3.8, 4) is 0 Å². The molecule has 2 aromatic rings. The van der Waals surface area contributed by atoms with E-state index in [-0.39, 0.29) is 0 Å². The van der Waals surface area contributed by atoms with Crippen LogP contribution < -0.4 is 5.73 Å². The number of anilines is 1. The van der Waals surface area contributed by atoms with Gasteiger partial charge >= 0.3 is 0 Å². The summed E-state index contributed by atoms with van der Waals surface area (Å²) in [5, 5.41) is 7.54. The Kier molecular flexibility index (Phi) is 1.22. The van der Waals surface area contributed by atoms with Crippen LogP contribution in [-0.2, 0) is 0 Å². The number of aromatic nitrogens is 4. The molecule has 0 aliphatic heterocycles. The number of nitrogens with zero attached hydrogens (tertiary/aromatic N) is 3. The second-order valence-electron chi connectivity index (χ2n) is 2.04. The van der Waals surface area contributed by atoms with E-state index in [4.69, 9.17) is 5.73 Å². The lowest BCUT2D eigenvalue weighted by Crippen LogP contribution is -1.85. The maximum absolute atomic E-state index is 5.48. The van der Waals surface area contributed by atoms with E-state index in [1.165, 1.54) is 0 Å². The molecule has 0 aliphatic rings. The van der Waals surface area contributed by atoms with Gasteiger partial charge in [0, 0.05) is 6.20 Å². The number of nitrogen functional groups attached to an aromatic ring is 1. The van der Waals surface area contributed by atoms with Crippen molar-refractivity contribution < 1.29 is 0 Å². The van der Waals surface area contributed by atoms with E-state index in [0.717, 1.165) is 5.39 Å². The summed E-state index contributed by atoms with van der Waals surface area (Å²) in [6.07, 6.45) is 1.59. The number of aromatic amines is 1. The highest BCUT2D eigenvalue weighted by Crippen LogP contribution is 2.14. The summed E-state index contributed by atoms with van der Waals surface area (Å²) in [6, 6.07) is 0. The number of hydrogen-bond acceptors (Lipinski definition) is 5. The van der Waals surface area contributed by atoms with Crippen molar-refractivity contribution in [3.63, 3.8) is 0 Å². The van der Waals surface area contributed by atoms with Gasteiger partial charge in [-0.15, -0.1) is 12.6 Å². The number of thiol groups is 1. The molecule has 2 heterocycles. The molecule has 0 amide bonds. The highest BCUT2D eigenvalue weighted by molar-refractivity contribution is 7.80. The Labute approximate surface area is 67.4 Å². The van der Waals surface area contributed by atoms with Gasteiger partial charge in [0.25, 0.3) is 0 Å². The van der Waals surface area contributed by atoms with Crippen LogP contribution in [0.25, 0.3) is 11.0 Å². The average molecular weight is 167 g/mol. The van der Waals surface area contributed by atoms with Crippen LogP contribution >= 0.6 is 12.6 Å². The molecule has 0 aromatic carbocycles. The van der Waals surface area contributed by atoms with Gasteiger partial charge in [-0.25, -0.2) is 9.97 Å². The molecule has 3 N–H and O–H groups in total. The lowest BCUT2D eigenvalue weighted by molar-refractivity contribution is 0.988. The van der Waals surface area contributed by atoms with Gasteiger partial charge in [0.05, 0.1) is 5.39 Å². The zero-order chi connectivity index (χ0) is 7.84. The first kappa shape index (κ1) is 6.41. The highest BCUT2D eigenvalue weighted by Gasteiger charge is 2.02. The molecule has 0 saturated carbocycles. The molecule has 6 heteroatoms. The van der Waals surface area contributed by atoms with Crippen LogP contribution in [0.4, 0.5) is 5.82 Å². The van der Waals surface area contributed by atoms with Gasteiger partial charge in [-0.2, -0.15) is 5.10 Å². The zero-order valence-electron chi connectivity index (χ0n) is 5.44. The molecule has 0 atom stereocenters. The van der Waals surface area contributed by atoms with Gasteiger partial charge in [-0.1, -0.05) is 0 Å². The van der Waals surface area contributed by atoms with E-state index in [9.17, 15) is 0 Å². The number of H-pyrrole nitrogens is 1. The molecule has 0 unspecified atom stereocenters. The number of nitrogens with one attached hydrogen (secondary N) is 1. The Morgan fingerprint density at radius 2 is 2.36 bits per heavy atom. The molecule has 11 heavy (non-hydrogen) atoms. The smallest absolute Gasteiger partial charge is 0.186 e. The Hall–Kier alpha value is -1.30. The van der Waals surface area contributed by atoms with Crippen molar-refractivity contribution in [3.05, 3.63) is 6.20 Å². The van der Waals surface area contributed by atoms with E-state index in [2.05, 4.69) is 32.8 Å². The molecule has 0 radical (unpaired) electrons. The van der Waals surface area contributed by atoms with Crippen LogP contribution in [0, 0.1) is 0 Å². The van der Waals surface area contributed by atoms with Crippen LogP contribution in [0.2, 0.25) is 0 Å². The zero-order valence-corrected chi connectivity index (χ0v) is 6.34. The first-order valence-electron chi connectivity index (χ1n) is 2.93. The van der Waals surface area contributed by atoms with Gasteiger partial charge in [0.2, 0.25) is 0 Å². The second kappa shape index (κ2) is 2.09. The van der Waals surface area contributed by atoms with Gasteiger partial charge < -0.3 is 5.73 Å². The summed E-state index contributed by atoms with van der Waals surface area (Å²) in [7, 11) is 0. The minimum absolute atomic E-state index is 0.404. The van der Waals surface area contributed by atoms with Gasteiger partial charge in [-0.05, 0) is 0 Å². The molecule has 0 aliphatic carbocycles. The molecule has 2 aromatic heterocycles. The van der Waals surface area contributed by atoms with E-state index in [0.29, 0.717) is 16.6 Å². The number of nitrogens with two attached hydrogens (primary N) is 1. The van der Waals surface area contributed by atoms with Crippen LogP contribution in [0.15, 0.2) is 11.4 Å². The topological polar surface area (TPSA) is 80.5 Å². The van der Waals surface area contributed by atoms with Crippen molar-refractivity contribution in [2.75, 3.05) is 5.73 Å². The van der Waals surface area contributed by atoms with Gasteiger partial charge in [-0.3, -0.25) is 5.10 Å². The minimum atomic E-state index is 0.404. The minimum Gasteiger partial charge on any atom is -0.382 e. The summed E-state index contributed by atoms with van der Waals surface area (Å²) in [6.45, 7) is 0. The lowest BCUT2D eigenvalue weighted by Gasteiger charge is -1.88. The third-order valence-electron chi connectivity index (χ3n) is 1.33. The first-order chi connectivity index (χ1) is 5.27. The standard InChI is InChI=1S/C5H5N5S/c6-3-2-1-7-5(11)8-4(2)10-9-3/h1H,(H4,6,7,8,9,10,11). The molecule has 5 nitrogen and oxygen atoms in total. The third-order valence-corrected chi connectivity index (χ3v) is 1.55. The maximum atomic E-state index is 5.48. The maximum Gasteiger partial charge on any atom is 0.186 e. The Bertz CT molecular complexity index is 395. The first-order valence-corrected chi connectivity index (χ1v) is 3.37. The predicted octanol–water partition coefficient (Wildman–Crippen LogP) is 0.224. The molecule has 56 valence electrons. The number of hydrogen-bond donors (Lipinski definition) is 3. The van der Waals surface area contributed by atoms with Crippen LogP contribution in [0.5, 0.6) is 0 Å². The largest absolute Gasteiger partial charge is 0.382 e. The van der Waals surface area contributed by atoms with E-state index in [1.54, 1.807) is 6.20 Å². The van der Waals surface area contributed by atoms with Crippen molar-refractivity contribution in [2.24, 2.45) is 0 Å². The van der Waals surface area contributed by atoms with Crippen LogP contribution in [0.1, 0.15) is 0 Å². The van der Waals surface area contributed by atoms with Crippen molar-refractivity contribution in [1.29, 1.82) is 0 Å². The van der Waals surface area contributed by atoms with E-state index >= 15 is 0 Å². The molecule has 2 rings (SSSR count). The average Bonchev–Trinajstić information content (AvgIpc) is 2.32. The fourth-order valence-corrected chi connectivity index (χ4v) is 0.976. The quantitative estimate of drug-likeness (QED) is 0.387. The van der Waals surface area contributed by atoms with E-state index in [1.807, 2.05) is 0 Å². The van der Waals surface area contributed by atoms with Crippen molar-refractivity contribution in [1.82, 2.24) is 20.2 Å². The third kappa shape index (κ3) is 0.911. The molecular formula is C5H5N5S. The summed E-state index contributed by atoms with van der Waals surface area (Å²) in [4.78, 5) is 7.80. The van der Waals surface area contributed by atoms with Crippen LogP contribution in [0.3, 0.4) is 0 Å². The fraction of sp³-hybridized carbons (Fsp3) is 0. The second-order valence-corrected chi connectivity index (χ2v) is 2.44. The SMILES string of the molecule is Nc1n[nH]c2nc(S)ncc12. The summed E-state index contributed by atoms with van der Waals surface area (Å²) in [5.74, 6) is 0.410. The normalized spacial score (nSPS) is 10.6. The molecule has 0 fully saturated rings. The Balaban J connectivity index is 2.86. The summed E-state index contributed by atoms with van der Waals surface area (Å²) < 4.78 is 0. The van der Waals surface area contributed by atoms with Crippen LogP contribution in [-0.4, -0.2) is 20.2 Å². The Morgan fingerprint density at radius 3 is 3.18 bits per heavy atom. The number of fused-ring (bicyclic) bond motifs is 1. The van der Waals surface area contributed by atoms with Crippen molar-refractivity contribution in [2.45, 2.75) is 5.16 Å².